The van der Waals surface area contributed by atoms with Crippen LogP contribution >= 0.6 is 0 Å². The molecule has 0 radical (unpaired) electrons. The molecule has 0 unspecified atom stereocenters. The van der Waals surface area contributed by atoms with Crippen LogP contribution in [0.5, 0.6) is 0 Å². The molecule has 214 valence electrons. The van der Waals surface area contributed by atoms with Gasteiger partial charge < -0.3 is 10.2 Å². The van der Waals surface area contributed by atoms with E-state index >= 15 is 0 Å². The maximum Gasteiger partial charge on any atom is 0.225 e. The number of hydrogen-bond acceptors (Lipinski definition) is 5. The molecule has 1 aliphatic heterocycles. The Labute approximate surface area is 242 Å². The van der Waals surface area contributed by atoms with Crippen LogP contribution in [0.2, 0.25) is 0 Å². The Bertz CT molecular complexity index is 1130. The molecular formula is C35H49N5. The largest absolute Gasteiger partial charge is 0.354 e. The van der Waals surface area contributed by atoms with Gasteiger partial charge in [-0.2, -0.15) is 4.98 Å². The number of hydrogen-bond donors (Lipinski definition) is 1. The number of unbranched alkanes of at least 4 members (excludes halogenated alkanes) is 3. The van der Waals surface area contributed by atoms with Gasteiger partial charge in [0.15, 0.2) is 0 Å². The van der Waals surface area contributed by atoms with Gasteiger partial charge in [0.1, 0.15) is 5.82 Å². The lowest BCUT2D eigenvalue weighted by Gasteiger charge is -2.35. The van der Waals surface area contributed by atoms with Gasteiger partial charge in [-0.1, -0.05) is 112 Å². The second kappa shape index (κ2) is 15.2. The number of nitrogens with zero attached hydrogens (tertiary/aromatic N) is 4. The summed E-state index contributed by atoms with van der Waals surface area (Å²) < 4.78 is 0. The highest BCUT2D eigenvalue weighted by Gasteiger charge is 2.19. The van der Waals surface area contributed by atoms with Gasteiger partial charge in [0.05, 0.1) is 0 Å². The zero-order valence-corrected chi connectivity index (χ0v) is 24.7. The molecule has 1 N–H and O–H groups in total. The molecule has 1 saturated carbocycles. The SMILES string of the molecule is Cc1cc(N2CCN(Cc3ccccc3)CC2)nc(NCc2ccc(CCCCCCC3CCCCC3)cc2)n1. The summed E-state index contributed by atoms with van der Waals surface area (Å²) in [5.74, 6) is 2.79. The highest BCUT2D eigenvalue weighted by atomic mass is 15.3. The van der Waals surface area contributed by atoms with E-state index in [1.54, 1.807) is 0 Å². The molecule has 2 heterocycles. The minimum atomic E-state index is 0.721. The summed E-state index contributed by atoms with van der Waals surface area (Å²) in [6, 6.07) is 22.0. The van der Waals surface area contributed by atoms with Crippen LogP contribution in [0.3, 0.4) is 0 Å². The van der Waals surface area contributed by atoms with Gasteiger partial charge in [-0.3, -0.25) is 4.90 Å². The lowest BCUT2D eigenvalue weighted by molar-refractivity contribution is 0.249. The smallest absolute Gasteiger partial charge is 0.225 e. The number of nitrogens with one attached hydrogen (secondary N) is 1. The lowest BCUT2D eigenvalue weighted by atomic mass is 9.85. The molecule has 0 atom stereocenters. The van der Waals surface area contributed by atoms with Crippen molar-refractivity contribution in [3.63, 3.8) is 0 Å². The highest BCUT2D eigenvalue weighted by molar-refractivity contribution is 5.45. The Balaban J connectivity index is 1.02. The van der Waals surface area contributed by atoms with E-state index in [0.29, 0.717) is 0 Å². The van der Waals surface area contributed by atoms with Gasteiger partial charge in [0.25, 0.3) is 0 Å². The Morgan fingerprint density at radius 2 is 1.48 bits per heavy atom. The fourth-order valence-electron chi connectivity index (χ4n) is 6.37. The molecule has 5 nitrogen and oxygen atoms in total. The maximum atomic E-state index is 4.88. The van der Waals surface area contributed by atoms with Crippen molar-refractivity contribution in [2.24, 2.45) is 5.92 Å². The average Bonchev–Trinajstić information content (AvgIpc) is 3.00. The Kier molecular flexibility index (Phi) is 10.9. The molecule has 1 aromatic heterocycles. The third-order valence-electron chi connectivity index (χ3n) is 8.81. The first-order chi connectivity index (χ1) is 19.7. The van der Waals surface area contributed by atoms with Crippen LogP contribution in [0.15, 0.2) is 60.7 Å². The summed E-state index contributed by atoms with van der Waals surface area (Å²) in [6.45, 7) is 7.90. The predicted octanol–water partition coefficient (Wildman–Crippen LogP) is 7.79. The third-order valence-corrected chi connectivity index (χ3v) is 8.81. The molecule has 2 fully saturated rings. The topological polar surface area (TPSA) is 44.3 Å². The molecule has 0 bridgehead atoms. The van der Waals surface area contributed by atoms with Crippen LogP contribution in [-0.2, 0) is 19.5 Å². The van der Waals surface area contributed by atoms with Crippen LogP contribution in [0.1, 0.15) is 86.6 Å². The first-order valence-corrected chi connectivity index (χ1v) is 15.9. The minimum absolute atomic E-state index is 0.721. The number of anilines is 2. The first-order valence-electron chi connectivity index (χ1n) is 15.9. The molecule has 5 rings (SSSR count). The van der Waals surface area contributed by atoms with E-state index in [4.69, 9.17) is 4.98 Å². The maximum absolute atomic E-state index is 4.88. The fourth-order valence-corrected chi connectivity index (χ4v) is 6.37. The molecule has 0 spiro atoms. The molecule has 1 saturated heterocycles. The quantitative estimate of drug-likeness (QED) is 0.225. The van der Waals surface area contributed by atoms with Gasteiger partial charge in [0, 0.05) is 51.0 Å². The molecule has 40 heavy (non-hydrogen) atoms. The van der Waals surface area contributed by atoms with E-state index in [-0.39, 0.29) is 0 Å². The number of aryl methyl sites for hydroxylation is 2. The molecule has 2 aliphatic rings. The molecule has 3 aromatic rings. The zero-order valence-electron chi connectivity index (χ0n) is 24.7. The standard InChI is InChI=1S/C35H49N5/c1-29-26-34(40-24-22-39(23-25-40)28-33-16-10-5-11-17-33)38-35(37-29)36-27-32-20-18-31(19-21-32)15-7-3-2-6-12-30-13-8-4-9-14-30/h5,10-11,16-21,26,30H,2-4,6-9,12-15,22-25,27-28H2,1H3,(H,36,37,38). The molecule has 5 heteroatoms. The second-order valence-corrected chi connectivity index (χ2v) is 12.1. The van der Waals surface area contributed by atoms with Gasteiger partial charge in [-0.25, -0.2) is 4.98 Å². The molecule has 2 aromatic carbocycles. The lowest BCUT2D eigenvalue weighted by Crippen LogP contribution is -2.46. The predicted molar refractivity (Wildman–Crippen MR) is 168 cm³/mol. The van der Waals surface area contributed by atoms with E-state index in [9.17, 15) is 0 Å². The summed E-state index contributed by atoms with van der Waals surface area (Å²) in [5, 5.41) is 3.48. The van der Waals surface area contributed by atoms with E-state index in [0.717, 1.165) is 62.6 Å². The van der Waals surface area contributed by atoms with Crippen molar-refractivity contribution in [2.45, 2.75) is 90.6 Å². The van der Waals surface area contributed by atoms with Crippen molar-refractivity contribution >= 4 is 11.8 Å². The van der Waals surface area contributed by atoms with Crippen molar-refractivity contribution in [3.05, 3.63) is 83.0 Å². The van der Waals surface area contributed by atoms with Crippen molar-refractivity contribution < 1.29 is 0 Å². The van der Waals surface area contributed by atoms with Crippen LogP contribution in [0, 0.1) is 12.8 Å². The Morgan fingerprint density at radius 3 is 2.25 bits per heavy atom. The number of benzene rings is 2. The summed E-state index contributed by atoms with van der Waals surface area (Å²) in [7, 11) is 0. The van der Waals surface area contributed by atoms with Crippen molar-refractivity contribution in [1.82, 2.24) is 14.9 Å². The monoisotopic (exact) mass is 539 g/mol. The normalized spacial score (nSPS) is 16.8. The van der Waals surface area contributed by atoms with Gasteiger partial charge in [0.2, 0.25) is 5.95 Å². The van der Waals surface area contributed by atoms with Crippen molar-refractivity contribution in [1.29, 1.82) is 0 Å². The van der Waals surface area contributed by atoms with E-state index in [1.807, 2.05) is 0 Å². The third kappa shape index (κ3) is 9.05. The zero-order chi connectivity index (χ0) is 27.4. The number of aromatic nitrogens is 2. The van der Waals surface area contributed by atoms with Crippen molar-refractivity contribution in [3.8, 4) is 0 Å². The Morgan fingerprint density at radius 1 is 0.750 bits per heavy atom. The van der Waals surface area contributed by atoms with Gasteiger partial charge >= 0.3 is 0 Å². The summed E-state index contributed by atoms with van der Waals surface area (Å²) in [6.07, 6.45) is 15.6. The minimum Gasteiger partial charge on any atom is -0.354 e. The van der Waals surface area contributed by atoms with E-state index in [2.05, 4.69) is 87.7 Å². The van der Waals surface area contributed by atoms with E-state index < -0.39 is 0 Å². The van der Waals surface area contributed by atoms with Crippen LogP contribution < -0.4 is 10.2 Å². The van der Waals surface area contributed by atoms with Crippen molar-refractivity contribution in [2.75, 3.05) is 36.4 Å². The Hall–Kier alpha value is -2.92. The number of piperazine rings is 1. The van der Waals surface area contributed by atoms with E-state index in [1.165, 1.54) is 87.3 Å². The average molecular weight is 540 g/mol. The second-order valence-electron chi connectivity index (χ2n) is 12.1. The highest BCUT2D eigenvalue weighted by Crippen LogP contribution is 2.28. The number of rotatable bonds is 13. The summed E-state index contributed by atoms with van der Waals surface area (Å²) >= 11 is 0. The first kappa shape index (κ1) is 28.6. The molecular weight excluding hydrogens is 490 g/mol. The van der Waals surface area contributed by atoms with Crippen LogP contribution in [-0.4, -0.2) is 41.0 Å². The molecule has 0 amide bonds. The summed E-state index contributed by atoms with van der Waals surface area (Å²) in [5.41, 5.74) is 5.12. The van der Waals surface area contributed by atoms with Crippen LogP contribution in [0.25, 0.3) is 0 Å². The summed E-state index contributed by atoms with van der Waals surface area (Å²) in [4.78, 5) is 14.5. The molecule has 1 aliphatic carbocycles. The van der Waals surface area contributed by atoms with Gasteiger partial charge in [-0.15, -0.1) is 0 Å². The van der Waals surface area contributed by atoms with Crippen LogP contribution in [0.4, 0.5) is 11.8 Å². The van der Waals surface area contributed by atoms with Gasteiger partial charge in [-0.05, 0) is 42.4 Å². The fraction of sp³-hybridized carbons (Fsp3) is 0.543.